The van der Waals surface area contributed by atoms with Gasteiger partial charge in [-0.05, 0) is 96.3 Å². The minimum absolute atomic E-state index is 0.0913. The van der Waals surface area contributed by atoms with Gasteiger partial charge in [-0.3, -0.25) is 14.4 Å². The summed E-state index contributed by atoms with van der Waals surface area (Å²) >= 11 is 0. The first kappa shape index (κ1) is 57.1. The maximum atomic E-state index is 12.7. The van der Waals surface area contributed by atoms with Crippen molar-refractivity contribution >= 4 is 17.9 Å². The van der Waals surface area contributed by atoms with E-state index in [2.05, 4.69) is 81.5 Å². The molecule has 0 bridgehead atoms. The van der Waals surface area contributed by atoms with Crippen molar-refractivity contribution in [3.05, 3.63) is 60.8 Å². The maximum Gasteiger partial charge on any atom is 0.306 e. The van der Waals surface area contributed by atoms with Gasteiger partial charge in [-0.2, -0.15) is 0 Å². The van der Waals surface area contributed by atoms with E-state index in [4.69, 9.17) is 14.2 Å². The molecule has 0 saturated heterocycles. The standard InChI is InChI=1S/C54H94O6/c1-4-7-10-13-16-19-21-23-25-26-27-28-29-31-32-35-38-41-44-47-53(56)59-50-51(49-58-52(55)46-43-40-37-34-18-15-12-9-6-3)60-54(57)48-45-42-39-36-33-30-24-22-20-17-14-11-8-5-2/h7,10,16,19,23,25,30,33-34,37,51H,4-6,8-9,11-15,17-18,20-22,24,26-29,31-32,35-36,38-50H2,1-3H3/b10-7-,19-16-,25-23-,33-30-,37-34-. The molecule has 0 aromatic heterocycles. The Morgan fingerprint density at radius 3 is 1.13 bits per heavy atom. The predicted octanol–water partition coefficient (Wildman–Crippen LogP) is 16.5. The van der Waals surface area contributed by atoms with Crippen LogP contribution in [0.3, 0.4) is 0 Å². The Labute approximate surface area is 370 Å². The van der Waals surface area contributed by atoms with Crippen molar-refractivity contribution in [2.45, 2.75) is 252 Å². The van der Waals surface area contributed by atoms with Crippen molar-refractivity contribution in [2.75, 3.05) is 13.2 Å². The molecule has 0 aliphatic rings. The highest BCUT2D eigenvalue weighted by Crippen LogP contribution is 2.14. The Morgan fingerprint density at radius 2 is 0.667 bits per heavy atom. The van der Waals surface area contributed by atoms with Gasteiger partial charge in [0.05, 0.1) is 0 Å². The van der Waals surface area contributed by atoms with E-state index in [0.717, 1.165) is 83.5 Å². The van der Waals surface area contributed by atoms with E-state index in [-0.39, 0.29) is 31.1 Å². The molecule has 0 amide bonds. The average molecular weight is 839 g/mol. The summed E-state index contributed by atoms with van der Waals surface area (Å²) in [4.78, 5) is 37.8. The van der Waals surface area contributed by atoms with Gasteiger partial charge in [-0.15, -0.1) is 0 Å². The molecule has 0 aromatic carbocycles. The highest BCUT2D eigenvalue weighted by molar-refractivity contribution is 5.71. The van der Waals surface area contributed by atoms with Crippen LogP contribution in [0.25, 0.3) is 0 Å². The zero-order valence-corrected chi connectivity index (χ0v) is 39.5. The van der Waals surface area contributed by atoms with Gasteiger partial charge in [-0.25, -0.2) is 0 Å². The second kappa shape index (κ2) is 48.8. The smallest absolute Gasteiger partial charge is 0.306 e. The van der Waals surface area contributed by atoms with E-state index >= 15 is 0 Å². The van der Waals surface area contributed by atoms with Crippen molar-refractivity contribution in [1.29, 1.82) is 0 Å². The number of hydrogen-bond donors (Lipinski definition) is 0. The van der Waals surface area contributed by atoms with Crippen molar-refractivity contribution in [2.24, 2.45) is 0 Å². The summed E-state index contributed by atoms with van der Waals surface area (Å²) in [5, 5.41) is 0. The molecule has 0 fully saturated rings. The molecule has 0 spiro atoms. The molecule has 1 unspecified atom stereocenters. The summed E-state index contributed by atoms with van der Waals surface area (Å²) in [6, 6.07) is 0. The van der Waals surface area contributed by atoms with Crippen LogP contribution in [0.4, 0.5) is 0 Å². The largest absolute Gasteiger partial charge is 0.462 e. The second-order valence-electron chi connectivity index (χ2n) is 16.7. The van der Waals surface area contributed by atoms with E-state index in [1.807, 2.05) is 0 Å². The summed E-state index contributed by atoms with van der Waals surface area (Å²) in [5.41, 5.74) is 0. The normalized spacial score (nSPS) is 12.5. The molecule has 1 atom stereocenters. The van der Waals surface area contributed by atoms with Gasteiger partial charge in [0, 0.05) is 19.3 Å². The van der Waals surface area contributed by atoms with E-state index in [1.54, 1.807) is 0 Å². The second-order valence-corrected chi connectivity index (χ2v) is 16.7. The Bertz CT molecular complexity index is 1100. The predicted molar refractivity (Wildman–Crippen MR) is 256 cm³/mol. The highest BCUT2D eigenvalue weighted by Gasteiger charge is 2.19. The zero-order chi connectivity index (χ0) is 43.7. The number of hydrogen-bond acceptors (Lipinski definition) is 6. The molecule has 0 aliphatic carbocycles. The van der Waals surface area contributed by atoms with Gasteiger partial charge in [0.15, 0.2) is 6.10 Å². The third-order valence-corrected chi connectivity index (χ3v) is 10.7. The van der Waals surface area contributed by atoms with Gasteiger partial charge in [-0.1, -0.05) is 191 Å². The molecular formula is C54H94O6. The minimum Gasteiger partial charge on any atom is -0.462 e. The molecular weight excluding hydrogens is 745 g/mol. The molecule has 0 heterocycles. The molecule has 0 aromatic rings. The van der Waals surface area contributed by atoms with Crippen LogP contribution in [-0.4, -0.2) is 37.2 Å². The van der Waals surface area contributed by atoms with E-state index in [1.165, 1.54) is 116 Å². The minimum atomic E-state index is -0.792. The average Bonchev–Trinajstić information content (AvgIpc) is 3.24. The Morgan fingerprint density at radius 1 is 0.350 bits per heavy atom. The van der Waals surface area contributed by atoms with Crippen LogP contribution in [-0.2, 0) is 28.6 Å². The molecule has 0 saturated carbocycles. The summed E-state index contributed by atoms with van der Waals surface area (Å²) in [7, 11) is 0. The van der Waals surface area contributed by atoms with Crippen LogP contribution in [0.2, 0.25) is 0 Å². The fourth-order valence-electron chi connectivity index (χ4n) is 6.92. The molecule has 0 radical (unpaired) electrons. The summed E-state index contributed by atoms with van der Waals surface area (Å²) in [6.07, 6.45) is 59.3. The zero-order valence-electron chi connectivity index (χ0n) is 39.5. The number of allylic oxidation sites excluding steroid dienone is 10. The maximum absolute atomic E-state index is 12.7. The van der Waals surface area contributed by atoms with E-state index in [0.29, 0.717) is 25.7 Å². The summed E-state index contributed by atoms with van der Waals surface area (Å²) in [5.74, 6) is -0.948. The third kappa shape index (κ3) is 46.2. The summed E-state index contributed by atoms with van der Waals surface area (Å²) in [6.45, 7) is 6.45. The van der Waals surface area contributed by atoms with Crippen molar-refractivity contribution in [1.82, 2.24) is 0 Å². The first-order valence-corrected chi connectivity index (χ1v) is 25.3. The number of carbonyl (C=O) groups excluding carboxylic acids is 3. The quantitative estimate of drug-likeness (QED) is 0.0263. The van der Waals surface area contributed by atoms with Crippen LogP contribution >= 0.6 is 0 Å². The van der Waals surface area contributed by atoms with Gasteiger partial charge < -0.3 is 14.2 Å². The number of carbonyl (C=O) groups is 3. The number of unbranched alkanes of at least 4 members (excludes halogenated alkanes) is 24. The number of rotatable bonds is 45. The molecule has 0 aliphatic heterocycles. The van der Waals surface area contributed by atoms with Crippen molar-refractivity contribution in [3.8, 4) is 0 Å². The third-order valence-electron chi connectivity index (χ3n) is 10.7. The fraction of sp³-hybridized carbons (Fsp3) is 0.759. The Balaban J connectivity index is 4.34. The highest BCUT2D eigenvalue weighted by atomic mass is 16.6. The van der Waals surface area contributed by atoms with Crippen molar-refractivity contribution < 1.29 is 28.6 Å². The van der Waals surface area contributed by atoms with E-state index < -0.39 is 6.10 Å². The van der Waals surface area contributed by atoms with Crippen LogP contribution in [0.5, 0.6) is 0 Å². The number of esters is 3. The van der Waals surface area contributed by atoms with Gasteiger partial charge in [0.1, 0.15) is 13.2 Å². The lowest BCUT2D eigenvalue weighted by molar-refractivity contribution is -0.167. The van der Waals surface area contributed by atoms with Crippen LogP contribution in [0.15, 0.2) is 60.8 Å². The molecule has 346 valence electrons. The molecule has 0 N–H and O–H groups in total. The van der Waals surface area contributed by atoms with Gasteiger partial charge >= 0.3 is 17.9 Å². The van der Waals surface area contributed by atoms with Crippen LogP contribution in [0, 0.1) is 0 Å². The monoisotopic (exact) mass is 839 g/mol. The lowest BCUT2D eigenvalue weighted by atomic mass is 10.1. The fourth-order valence-corrected chi connectivity index (χ4v) is 6.92. The van der Waals surface area contributed by atoms with Gasteiger partial charge in [0.25, 0.3) is 0 Å². The molecule has 6 nitrogen and oxygen atoms in total. The van der Waals surface area contributed by atoms with Crippen LogP contribution < -0.4 is 0 Å². The molecule has 6 heteroatoms. The summed E-state index contributed by atoms with van der Waals surface area (Å²) < 4.78 is 16.7. The lowest BCUT2D eigenvalue weighted by Gasteiger charge is -2.18. The van der Waals surface area contributed by atoms with Gasteiger partial charge in [0.2, 0.25) is 0 Å². The topological polar surface area (TPSA) is 78.9 Å². The SMILES string of the molecule is CC/C=C\C/C=C\C/C=C\CCCCCCCCCCCC(=O)OCC(COC(=O)CCC/C=C\CCCCCC)OC(=O)CCCCC/C=C\CCCCCCCCC. The Hall–Kier alpha value is -2.89. The van der Waals surface area contributed by atoms with E-state index in [9.17, 15) is 14.4 Å². The first-order valence-electron chi connectivity index (χ1n) is 25.3. The molecule has 60 heavy (non-hydrogen) atoms. The Kier molecular flexibility index (Phi) is 46.4. The van der Waals surface area contributed by atoms with Crippen LogP contribution in [0.1, 0.15) is 245 Å². The lowest BCUT2D eigenvalue weighted by Crippen LogP contribution is -2.30. The molecule has 0 rings (SSSR count). The number of ether oxygens (including phenoxy) is 3. The first-order chi connectivity index (χ1) is 29.5. The van der Waals surface area contributed by atoms with Crippen molar-refractivity contribution in [3.63, 3.8) is 0 Å².